The zero-order valence-electron chi connectivity index (χ0n) is 10.4. The molecule has 1 aliphatic heterocycles. The Hall–Kier alpha value is -1.14. The van der Waals surface area contributed by atoms with E-state index in [-0.39, 0.29) is 10.7 Å². The van der Waals surface area contributed by atoms with Crippen molar-refractivity contribution in [2.75, 3.05) is 18.8 Å². The molecule has 1 aromatic heterocycles. The van der Waals surface area contributed by atoms with Crippen molar-refractivity contribution in [2.45, 2.75) is 37.0 Å². The monoisotopic (exact) mass is 269 g/mol. The maximum atomic E-state index is 12.4. The summed E-state index contributed by atoms with van der Waals surface area (Å²) in [5, 5.41) is 0. The topological polar surface area (TPSA) is 76.3 Å². The van der Waals surface area contributed by atoms with Gasteiger partial charge in [-0.3, -0.25) is 0 Å². The van der Waals surface area contributed by atoms with Crippen molar-refractivity contribution in [3.8, 4) is 0 Å². The molecule has 6 heteroatoms. The van der Waals surface area contributed by atoms with Gasteiger partial charge in [0.05, 0.1) is 4.90 Å². The van der Waals surface area contributed by atoms with Crippen LogP contribution in [-0.4, -0.2) is 30.8 Å². The Morgan fingerprint density at radius 3 is 2.33 bits per heavy atom. The van der Waals surface area contributed by atoms with Crippen LogP contribution < -0.4 is 5.73 Å². The number of rotatable bonds is 2. The zero-order chi connectivity index (χ0) is 13.0. The number of anilines is 1. The molecule has 0 radical (unpaired) electrons. The predicted octanol–water partition coefficient (Wildman–Crippen LogP) is 1.62. The minimum absolute atomic E-state index is 0.239. The van der Waals surface area contributed by atoms with Crippen molar-refractivity contribution in [3.05, 3.63) is 18.3 Å². The largest absolute Gasteiger partial charge is 0.384 e. The molecule has 0 unspecified atom stereocenters. The van der Waals surface area contributed by atoms with Gasteiger partial charge in [0.15, 0.2) is 0 Å². The first kappa shape index (κ1) is 13.3. The summed E-state index contributed by atoms with van der Waals surface area (Å²) in [4.78, 5) is 4.07. The lowest BCUT2D eigenvalue weighted by Gasteiger charge is -2.24. The van der Waals surface area contributed by atoms with E-state index in [9.17, 15) is 8.42 Å². The molecule has 2 N–H and O–H groups in total. The van der Waals surface area contributed by atoms with E-state index in [1.54, 1.807) is 4.31 Å². The van der Waals surface area contributed by atoms with Crippen molar-refractivity contribution in [1.82, 2.24) is 9.29 Å². The van der Waals surface area contributed by atoms with Crippen LogP contribution in [0.2, 0.25) is 0 Å². The highest BCUT2D eigenvalue weighted by molar-refractivity contribution is 7.89. The zero-order valence-corrected chi connectivity index (χ0v) is 11.2. The molecule has 0 atom stereocenters. The SMILES string of the molecule is Nc1cc(S(=O)(=O)N2CCCCCCC2)ccn1. The van der Waals surface area contributed by atoms with Crippen LogP contribution in [0.5, 0.6) is 0 Å². The molecule has 0 spiro atoms. The maximum absolute atomic E-state index is 12.4. The fourth-order valence-corrected chi connectivity index (χ4v) is 3.74. The molecular formula is C12H19N3O2S. The molecule has 0 bridgehead atoms. The van der Waals surface area contributed by atoms with Gasteiger partial charge in [-0.25, -0.2) is 13.4 Å². The van der Waals surface area contributed by atoms with Crippen LogP contribution in [0.25, 0.3) is 0 Å². The quantitative estimate of drug-likeness (QED) is 0.885. The Kier molecular flexibility index (Phi) is 4.19. The van der Waals surface area contributed by atoms with Gasteiger partial charge in [0.25, 0.3) is 0 Å². The van der Waals surface area contributed by atoms with Gasteiger partial charge in [-0.15, -0.1) is 0 Å². The molecule has 2 rings (SSSR count). The third-order valence-electron chi connectivity index (χ3n) is 3.21. The highest BCUT2D eigenvalue weighted by atomic mass is 32.2. The molecule has 1 aliphatic rings. The molecule has 1 saturated heterocycles. The van der Waals surface area contributed by atoms with Gasteiger partial charge in [0.1, 0.15) is 5.82 Å². The maximum Gasteiger partial charge on any atom is 0.243 e. The molecule has 5 nitrogen and oxygen atoms in total. The lowest BCUT2D eigenvalue weighted by molar-refractivity contribution is 0.364. The summed E-state index contributed by atoms with van der Waals surface area (Å²) in [7, 11) is -3.41. The third-order valence-corrected chi connectivity index (χ3v) is 5.10. The van der Waals surface area contributed by atoms with Crippen LogP contribution in [0.1, 0.15) is 32.1 Å². The van der Waals surface area contributed by atoms with Crippen LogP contribution >= 0.6 is 0 Å². The van der Waals surface area contributed by atoms with Crippen molar-refractivity contribution in [1.29, 1.82) is 0 Å². The fraction of sp³-hybridized carbons (Fsp3) is 0.583. The predicted molar refractivity (Wildman–Crippen MR) is 70.5 cm³/mol. The first-order valence-corrected chi connectivity index (χ1v) is 7.76. The minimum Gasteiger partial charge on any atom is -0.384 e. The fourth-order valence-electron chi connectivity index (χ4n) is 2.20. The second-order valence-electron chi connectivity index (χ2n) is 4.59. The van der Waals surface area contributed by atoms with E-state index in [2.05, 4.69) is 4.98 Å². The van der Waals surface area contributed by atoms with Crippen molar-refractivity contribution in [2.24, 2.45) is 0 Å². The van der Waals surface area contributed by atoms with E-state index in [1.165, 1.54) is 24.8 Å². The summed E-state index contributed by atoms with van der Waals surface area (Å²) in [6.07, 6.45) is 6.71. The molecule has 1 aromatic rings. The molecular weight excluding hydrogens is 250 g/mol. The van der Waals surface area contributed by atoms with Gasteiger partial charge in [-0.1, -0.05) is 19.3 Å². The number of hydrogen-bond acceptors (Lipinski definition) is 4. The van der Waals surface area contributed by atoms with E-state index in [1.807, 2.05) is 0 Å². The van der Waals surface area contributed by atoms with Gasteiger partial charge in [-0.05, 0) is 18.9 Å². The summed E-state index contributed by atoms with van der Waals surface area (Å²) < 4.78 is 26.5. The van der Waals surface area contributed by atoms with Gasteiger partial charge in [-0.2, -0.15) is 4.31 Å². The normalized spacial score (nSPS) is 19.1. The number of nitrogens with zero attached hydrogens (tertiary/aromatic N) is 2. The number of nitrogens with two attached hydrogens (primary N) is 1. The third kappa shape index (κ3) is 3.00. The van der Waals surface area contributed by atoms with Crippen LogP contribution in [0.15, 0.2) is 23.2 Å². The summed E-state index contributed by atoms with van der Waals surface area (Å²) in [6.45, 7) is 1.20. The number of hydrogen-bond donors (Lipinski definition) is 1. The van der Waals surface area contributed by atoms with Crippen molar-refractivity contribution >= 4 is 15.8 Å². The van der Waals surface area contributed by atoms with Crippen LogP contribution in [0, 0.1) is 0 Å². The Labute approximate surface area is 108 Å². The number of sulfonamides is 1. The van der Waals surface area contributed by atoms with Crippen molar-refractivity contribution < 1.29 is 8.42 Å². The number of aromatic nitrogens is 1. The lowest BCUT2D eigenvalue weighted by Crippen LogP contribution is -2.33. The number of pyridine rings is 1. The average molecular weight is 269 g/mol. The van der Waals surface area contributed by atoms with Gasteiger partial charge >= 0.3 is 0 Å². The molecule has 100 valence electrons. The summed E-state index contributed by atoms with van der Waals surface area (Å²) in [5.74, 6) is 0.239. The Morgan fingerprint density at radius 2 is 1.72 bits per heavy atom. The van der Waals surface area contributed by atoms with Gasteiger partial charge < -0.3 is 5.73 Å². The molecule has 0 aromatic carbocycles. The van der Waals surface area contributed by atoms with Crippen LogP contribution in [0.4, 0.5) is 5.82 Å². The molecule has 0 aliphatic carbocycles. The molecule has 2 heterocycles. The standard InChI is InChI=1S/C12H19N3O2S/c13-12-10-11(6-7-14-12)18(16,17)15-8-4-2-1-3-5-9-15/h6-7,10H,1-5,8-9H2,(H2,13,14). The van der Waals surface area contributed by atoms with E-state index in [0.717, 1.165) is 25.7 Å². The van der Waals surface area contributed by atoms with E-state index < -0.39 is 10.0 Å². The van der Waals surface area contributed by atoms with E-state index in [4.69, 9.17) is 5.73 Å². The van der Waals surface area contributed by atoms with Gasteiger partial charge in [0, 0.05) is 25.4 Å². The first-order chi connectivity index (χ1) is 8.60. The Morgan fingerprint density at radius 1 is 1.11 bits per heavy atom. The average Bonchev–Trinajstić information content (AvgIpc) is 2.27. The van der Waals surface area contributed by atoms with Crippen LogP contribution in [-0.2, 0) is 10.0 Å². The lowest BCUT2D eigenvalue weighted by atomic mass is 10.1. The second kappa shape index (κ2) is 5.67. The molecule has 0 saturated carbocycles. The van der Waals surface area contributed by atoms with Crippen LogP contribution in [0.3, 0.4) is 0 Å². The highest BCUT2D eigenvalue weighted by Gasteiger charge is 2.24. The summed E-state index contributed by atoms with van der Waals surface area (Å²) in [6, 6.07) is 2.93. The summed E-state index contributed by atoms with van der Waals surface area (Å²) in [5.41, 5.74) is 5.55. The Balaban J connectivity index is 2.23. The number of nitrogen functional groups attached to an aromatic ring is 1. The molecule has 18 heavy (non-hydrogen) atoms. The van der Waals surface area contributed by atoms with E-state index >= 15 is 0 Å². The van der Waals surface area contributed by atoms with E-state index in [0.29, 0.717) is 13.1 Å². The smallest absolute Gasteiger partial charge is 0.243 e. The first-order valence-electron chi connectivity index (χ1n) is 6.32. The molecule has 1 fully saturated rings. The van der Waals surface area contributed by atoms with Gasteiger partial charge in [0.2, 0.25) is 10.0 Å². The second-order valence-corrected chi connectivity index (χ2v) is 6.53. The summed E-state index contributed by atoms with van der Waals surface area (Å²) >= 11 is 0. The highest BCUT2D eigenvalue weighted by Crippen LogP contribution is 2.20. The Bertz CT molecular complexity index is 494. The van der Waals surface area contributed by atoms with Crippen molar-refractivity contribution in [3.63, 3.8) is 0 Å². The minimum atomic E-state index is -3.41. The molecule has 0 amide bonds.